The Kier molecular flexibility index (Phi) is 4.39. The van der Waals surface area contributed by atoms with Gasteiger partial charge in [0.05, 0.1) is 6.10 Å². The van der Waals surface area contributed by atoms with Crippen molar-refractivity contribution in [3.8, 4) is 0 Å². The van der Waals surface area contributed by atoms with Crippen LogP contribution in [0.5, 0.6) is 0 Å². The highest BCUT2D eigenvalue weighted by atomic mass is 16.3. The molecule has 0 saturated carbocycles. The third kappa shape index (κ3) is 3.62. The normalized spacial score (nSPS) is 21.7. The van der Waals surface area contributed by atoms with E-state index in [4.69, 9.17) is 0 Å². The van der Waals surface area contributed by atoms with Crippen LogP contribution in [0.15, 0.2) is 12.3 Å². The molecule has 19 heavy (non-hydrogen) atoms. The quantitative estimate of drug-likeness (QED) is 0.786. The standard InChI is InChI=1S/C17H29NO/c1-13(2)7-5-6-9-18-10-8-14-15(18)11-17(3,4)12-16(14)19/h8,10,13,16,19H,5-7,9,11-12H2,1-4H3. The summed E-state index contributed by atoms with van der Waals surface area (Å²) < 4.78 is 2.37. The van der Waals surface area contributed by atoms with Crippen LogP contribution < -0.4 is 0 Å². The summed E-state index contributed by atoms with van der Waals surface area (Å²) in [6.45, 7) is 10.2. The fourth-order valence-electron chi connectivity index (χ4n) is 3.23. The maximum absolute atomic E-state index is 10.2. The number of aryl methyl sites for hydroxylation is 1. The molecule has 108 valence electrons. The van der Waals surface area contributed by atoms with Gasteiger partial charge in [-0.1, -0.05) is 40.5 Å². The van der Waals surface area contributed by atoms with E-state index in [-0.39, 0.29) is 11.5 Å². The Morgan fingerprint density at radius 1 is 1.37 bits per heavy atom. The topological polar surface area (TPSA) is 25.2 Å². The van der Waals surface area contributed by atoms with Crippen LogP contribution in [0.1, 0.15) is 70.7 Å². The van der Waals surface area contributed by atoms with Crippen molar-refractivity contribution in [2.45, 2.75) is 72.4 Å². The maximum Gasteiger partial charge on any atom is 0.0812 e. The monoisotopic (exact) mass is 263 g/mol. The van der Waals surface area contributed by atoms with Gasteiger partial charge in [-0.15, -0.1) is 0 Å². The molecule has 0 spiro atoms. The highest BCUT2D eigenvalue weighted by Crippen LogP contribution is 2.41. The first-order valence-corrected chi connectivity index (χ1v) is 7.75. The molecule has 1 unspecified atom stereocenters. The van der Waals surface area contributed by atoms with E-state index in [1.54, 1.807) is 0 Å². The van der Waals surface area contributed by atoms with Crippen LogP contribution >= 0.6 is 0 Å². The van der Waals surface area contributed by atoms with Crippen molar-refractivity contribution in [1.82, 2.24) is 4.57 Å². The zero-order valence-corrected chi connectivity index (χ0v) is 12.9. The number of aliphatic hydroxyl groups excluding tert-OH is 1. The predicted octanol–water partition coefficient (Wildman–Crippen LogP) is 4.32. The summed E-state index contributed by atoms with van der Waals surface area (Å²) in [5, 5.41) is 10.2. The summed E-state index contributed by atoms with van der Waals surface area (Å²) in [4.78, 5) is 0. The van der Waals surface area contributed by atoms with Crippen LogP contribution in [0.2, 0.25) is 0 Å². The van der Waals surface area contributed by atoms with Crippen molar-refractivity contribution in [3.05, 3.63) is 23.5 Å². The lowest BCUT2D eigenvalue weighted by molar-refractivity contribution is 0.0979. The van der Waals surface area contributed by atoms with Gasteiger partial charge in [0.1, 0.15) is 0 Å². The maximum atomic E-state index is 10.2. The van der Waals surface area contributed by atoms with Crippen LogP contribution in [0.3, 0.4) is 0 Å². The van der Waals surface area contributed by atoms with Gasteiger partial charge in [0.25, 0.3) is 0 Å². The molecule has 1 aliphatic carbocycles. The minimum Gasteiger partial charge on any atom is -0.388 e. The van der Waals surface area contributed by atoms with Crippen LogP contribution in [0.4, 0.5) is 0 Å². The SMILES string of the molecule is CC(C)CCCCn1ccc2c1CC(C)(C)CC2O. The summed E-state index contributed by atoms with van der Waals surface area (Å²) in [6.07, 6.45) is 7.75. The number of hydrogen-bond acceptors (Lipinski definition) is 1. The molecule has 2 rings (SSSR count). The minimum absolute atomic E-state index is 0.223. The van der Waals surface area contributed by atoms with Gasteiger partial charge in [-0.2, -0.15) is 0 Å². The molecule has 1 heterocycles. The van der Waals surface area contributed by atoms with Gasteiger partial charge >= 0.3 is 0 Å². The molecule has 0 bridgehead atoms. The van der Waals surface area contributed by atoms with E-state index < -0.39 is 0 Å². The van der Waals surface area contributed by atoms with Gasteiger partial charge in [-0.3, -0.25) is 0 Å². The van der Waals surface area contributed by atoms with E-state index in [2.05, 4.69) is 44.5 Å². The Morgan fingerprint density at radius 3 is 2.79 bits per heavy atom. The van der Waals surface area contributed by atoms with Gasteiger partial charge in [0, 0.05) is 24.0 Å². The van der Waals surface area contributed by atoms with Crippen LogP contribution in [0, 0.1) is 11.3 Å². The number of aliphatic hydroxyl groups is 1. The molecule has 1 atom stereocenters. The van der Waals surface area contributed by atoms with E-state index in [0.717, 1.165) is 25.3 Å². The Hall–Kier alpha value is -0.760. The van der Waals surface area contributed by atoms with Crippen molar-refractivity contribution < 1.29 is 5.11 Å². The van der Waals surface area contributed by atoms with Crippen molar-refractivity contribution >= 4 is 0 Å². The number of fused-ring (bicyclic) bond motifs is 1. The Balaban J connectivity index is 2.00. The van der Waals surface area contributed by atoms with Gasteiger partial charge in [-0.25, -0.2) is 0 Å². The molecule has 2 nitrogen and oxygen atoms in total. The first-order chi connectivity index (χ1) is 8.89. The summed E-state index contributed by atoms with van der Waals surface area (Å²) in [5.41, 5.74) is 2.76. The second-order valence-corrected chi connectivity index (χ2v) is 7.36. The average molecular weight is 263 g/mol. The van der Waals surface area contributed by atoms with E-state index in [0.29, 0.717) is 0 Å². The second-order valence-electron chi connectivity index (χ2n) is 7.36. The highest BCUT2D eigenvalue weighted by Gasteiger charge is 2.32. The Labute approximate surface area is 117 Å². The molecule has 0 saturated heterocycles. The average Bonchev–Trinajstić information content (AvgIpc) is 2.66. The van der Waals surface area contributed by atoms with Gasteiger partial charge in [0.2, 0.25) is 0 Å². The first-order valence-electron chi connectivity index (χ1n) is 7.75. The summed E-state index contributed by atoms with van der Waals surface area (Å²) in [7, 11) is 0. The Bertz CT molecular complexity index is 417. The number of rotatable bonds is 5. The molecular formula is C17H29NO. The van der Waals surface area contributed by atoms with Crippen LogP contribution in [-0.2, 0) is 13.0 Å². The number of aromatic nitrogens is 1. The van der Waals surface area contributed by atoms with E-state index in [1.807, 2.05) is 0 Å². The lowest BCUT2D eigenvalue weighted by Gasteiger charge is -2.34. The molecule has 1 aromatic rings. The Morgan fingerprint density at radius 2 is 2.11 bits per heavy atom. The third-order valence-electron chi connectivity index (χ3n) is 4.30. The highest BCUT2D eigenvalue weighted by molar-refractivity contribution is 5.29. The van der Waals surface area contributed by atoms with Gasteiger partial charge in [0.15, 0.2) is 0 Å². The van der Waals surface area contributed by atoms with Gasteiger partial charge in [-0.05, 0) is 36.7 Å². The molecule has 0 amide bonds. The lowest BCUT2D eigenvalue weighted by Crippen LogP contribution is -2.26. The fraction of sp³-hybridized carbons (Fsp3) is 0.765. The number of nitrogens with zero attached hydrogens (tertiary/aromatic N) is 1. The van der Waals surface area contributed by atoms with Crippen molar-refractivity contribution in [2.75, 3.05) is 0 Å². The summed E-state index contributed by atoms with van der Waals surface area (Å²) >= 11 is 0. The second kappa shape index (κ2) is 5.70. The summed E-state index contributed by atoms with van der Waals surface area (Å²) in [5.74, 6) is 0.805. The van der Waals surface area contributed by atoms with E-state index in [1.165, 1.54) is 30.5 Å². The molecule has 0 fully saturated rings. The van der Waals surface area contributed by atoms with Crippen LogP contribution in [0.25, 0.3) is 0 Å². The predicted molar refractivity (Wildman–Crippen MR) is 80.2 cm³/mol. The lowest BCUT2D eigenvalue weighted by atomic mass is 9.75. The molecular weight excluding hydrogens is 234 g/mol. The van der Waals surface area contributed by atoms with Crippen molar-refractivity contribution in [1.29, 1.82) is 0 Å². The number of hydrogen-bond donors (Lipinski definition) is 1. The summed E-state index contributed by atoms with van der Waals surface area (Å²) in [6, 6.07) is 2.12. The fourth-order valence-corrected chi connectivity index (χ4v) is 3.23. The van der Waals surface area contributed by atoms with Gasteiger partial charge < -0.3 is 9.67 Å². The molecule has 0 radical (unpaired) electrons. The molecule has 1 aliphatic rings. The number of unbranched alkanes of at least 4 members (excludes halogenated alkanes) is 1. The minimum atomic E-state index is -0.268. The van der Waals surface area contributed by atoms with Crippen LogP contribution in [-0.4, -0.2) is 9.67 Å². The van der Waals surface area contributed by atoms with E-state index in [9.17, 15) is 5.11 Å². The third-order valence-corrected chi connectivity index (χ3v) is 4.30. The molecule has 2 heteroatoms. The molecule has 1 aromatic heterocycles. The molecule has 0 aromatic carbocycles. The molecule has 0 aliphatic heterocycles. The zero-order chi connectivity index (χ0) is 14.0. The molecule has 1 N–H and O–H groups in total. The largest absolute Gasteiger partial charge is 0.388 e. The van der Waals surface area contributed by atoms with Crippen molar-refractivity contribution in [3.63, 3.8) is 0 Å². The zero-order valence-electron chi connectivity index (χ0n) is 12.9. The van der Waals surface area contributed by atoms with E-state index >= 15 is 0 Å². The smallest absolute Gasteiger partial charge is 0.0812 e. The van der Waals surface area contributed by atoms with Crippen molar-refractivity contribution in [2.24, 2.45) is 11.3 Å². The first kappa shape index (κ1) is 14.6.